The maximum atomic E-state index is 11.0. The zero-order valence-electron chi connectivity index (χ0n) is 11.1. The highest BCUT2D eigenvalue weighted by molar-refractivity contribution is 5.39. The Hall–Kier alpha value is -1.06. The minimum absolute atomic E-state index is 0.482. The zero-order valence-corrected chi connectivity index (χ0v) is 11.1. The van der Waals surface area contributed by atoms with E-state index in [9.17, 15) is 5.11 Å². The molecule has 1 aromatic carbocycles. The molecule has 1 aromatic rings. The molecule has 2 unspecified atom stereocenters. The lowest BCUT2D eigenvalue weighted by Crippen LogP contribution is -2.46. The van der Waals surface area contributed by atoms with Gasteiger partial charge in [0.25, 0.3) is 0 Å². The standard InChI is InChI=1S/C15H21NO2/c1-10-7-13(18-2)5-6-14(10)15(17)8-11-3-4-12(9-15)16-11/h5-7,11-12,16-17H,3-4,8-9H2,1-2H3. The summed E-state index contributed by atoms with van der Waals surface area (Å²) < 4.78 is 5.23. The molecule has 2 N–H and O–H groups in total. The molecule has 3 heteroatoms. The second-order valence-corrected chi connectivity index (χ2v) is 5.76. The zero-order chi connectivity index (χ0) is 12.8. The molecule has 98 valence electrons. The van der Waals surface area contributed by atoms with Crippen molar-refractivity contribution in [3.63, 3.8) is 0 Å². The Balaban J connectivity index is 1.94. The van der Waals surface area contributed by atoms with E-state index in [2.05, 4.69) is 12.2 Å². The average molecular weight is 247 g/mol. The normalized spacial score (nSPS) is 34.6. The summed E-state index contributed by atoms with van der Waals surface area (Å²) in [5, 5.41) is 14.6. The highest BCUT2D eigenvalue weighted by atomic mass is 16.5. The molecule has 2 fully saturated rings. The van der Waals surface area contributed by atoms with Gasteiger partial charge in [0.15, 0.2) is 0 Å². The largest absolute Gasteiger partial charge is 0.497 e. The minimum Gasteiger partial charge on any atom is -0.497 e. The van der Waals surface area contributed by atoms with Crippen LogP contribution >= 0.6 is 0 Å². The molecule has 2 bridgehead atoms. The van der Waals surface area contributed by atoms with Crippen molar-refractivity contribution in [2.75, 3.05) is 7.11 Å². The van der Waals surface area contributed by atoms with Crippen molar-refractivity contribution in [3.8, 4) is 5.75 Å². The van der Waals surface area contributed by atoms with Gasteiger partial charge in [0, 0.05) is 12.1 Å². The van der Waals surface area contributed by atoms with Crippen molar-refractivity contribution in [3.05, 3.63) is 29.3 Å². The molecule has 18 heavy (non-hydrogen) atoms. The van der Waals surface area contributed by atoms with E-state index in [1.54, 1.807) is 7.11 Å². The van der Waals surface area contributed by atoms with Crippen LogP contribution in [0.5, 0.6) is 5.75 Å². The van der Waals surface area contributed by atoms with E-state index >= 15 is 0 Å². The van der Waals surface area contributed by atoms with Crippen LogP contribution in [0.2, 0.25) is 0 Å². The van der Waals surface area contributed by atoms with Crippen LogP contribution in [0.15, 0.2) is 18.2 Å². The van der Waals surface area contributed by atoms with Crippen molar-refractivity contribution >= 4 is 0 Å². The topological polar surface area (TPSA) is 41.5 Å². The number of rotatable bonds is 2. The molecule has 0 spiro atoms. The third-order valence-corrected chi connectivity index (χ3v) is 4.44. The van der Waals surface area contributed by atoms with Gasteiger partial charge in [-0.25, -0.2) is 0 Å². The number of fused-ring (bicyclic) bond motifs is 2. The summed E-state index contributed by atoms with van der Waals surface area (Å²) in [6, 6.07) is 6.95. The molecule has 0 aliphatic carbocycles. The van der Waals surface area contributed by atoms with Gasteiger partial charge in [-0.2, -0.15) is 0 Å². The van der Waals surface area contributed by atoms with E-state index in [1.165, 1.54) is 12.8 Å². The van der Waals surface area contributed by atoms with Crippen molar-refractivity contribution in [2.45, 2.75) is 50.3 Å². The van der Waals surface area contributed by atoms with Gasteiger partial charge in [0.1, 0.15) is 5.75 Å². The van der Waals surface area contributed by atoms with Gasteiger partial charge in [0.2, 0.25) is 0 Å². The molecule has 0 aromatic heterocycles. The maximum Gasteiger partial charge on any atom is 0.119 e. The van der Waals surface area contributed by atoms with E-state index in [0.717, 1.165) is 29.7 Å². The number of hydrogen-bond acceptors (Lipinski definition) is 3. The molecule has 0 amide bonds. The van der Waals surface area contributed by atoms with Crippen LogP contribution in [0, 0.1) is 6.92 Å². The summed E-state index contributed by atoms with van der Waals surface area (Å²) in [7, 11) is 1.67. The number of aryl methyl sites for hydroxylation is 1. The molecule has 0 radical (unpaired) electrons. The molecular weight excluding hydrogens is 226 g/mol. The number of nitrogens with one attached hydrogen (secondary N) is 1. The van der Waals surface area contributed by atoms with Gasteiger partial charge >= 0.3 is 0 Å². The Bertz CT molecular complexity index is 446. The smallest absolute Gasteiger partial charge is 0.119 e. The molecule has 2 heterocycles. The molecule has 0 saturated carbocycles. The predicted octanol–water partition coefficient (Wildman–Crippen LogP) is 2.11. The van der Waals surface area contributed by atoms with E-state index in [4.69, 9.17) is 4.74 Å². The molecule has 2 aliphatic rings. The van der Waals surface area contributed by atoms with Crippen LogP contribution in [0.1, 0.15) is 36.8 Å². The lowest BCUT2D eigenvalue weighted by Gasteiger charge is -2.38. The average Bonchev–Trinajstić information content (AvgIpc) is 2.68. The summed E-state index contributed by atoms with van der Waals surface area (Å²) in [6.45, 7) is 2.06. The van der Waals surface area contributed by atoms with Crippen LogP contribution in [-0.4, -0.2) is 24.3 Å². The Morgan fingerprint density at radius 3 is 2.50 bits per heavy atom. The highest BCUT2D eigenvalue weighted by Crippen LogP contribution is 2.42. The lowest BCUT2D eigenvalue weighted by molar-refractivity contribution is -0.0120. The number of ether oxygens (including phenoxy) is 1. The Kier molecular flexibility index (Phi) is 2.83. The van der Waals surface area contributed by atoms with Crippen molar-refractivity contribution in [1.82, 2.24) is 5.32 Å². The fourth-order valence-electron chi connectivity index (χ4n) is 3.63. The number of piperidine rings is 1. The fourth-order valence-corrected chi connectivity index (χ4v) is 3.63. The van der Waals surface area contributed by atoms with E-state index < -0.39 is 5.60 Å². The summed E-state index contributed by atoms with van der Waals surface area (Å²) >= 11 is 0. The predicted molar refractivity (Wildman–Crippen MR) is 70.8 cm³/mol. The van der Waals surface area contributed by atoms with Gasteiger partial charge in [-0.15, -0.1) is 0 Å². The van der Waals surface area contributed by atoms with Crippen LogP contribution in [0.4, 0.5) is 0 Å². The highest BCUT2D eigenvalue weighted by Gasteiger charge is 2.43. The summed E-state index contributed by atoms with van der Waals surface area (Å²) in [5.74, 6) is 0.858. The van der Waals surface area contributed by atoms with E-state index in [-0.39, 0.29) is 0 Å². The minimum atomic E-state index is -0.659. The Morgan fingerprint density at radius 2 is 1.94 bits per heavy atom. The monoisotopic (exact) mass is 247 g/mol. The Morgan fingerprint density at radius 1 is 1.28 bits per heavy atom. The number of methoxy groups -OCH3 is 1. The maximum absolute atomic E-state index is 11.0. The number of benzene rings is 1. The summed E-state index contributed by atoms with van der Waals surface area (Å²) in [6.07, 6.45) is 4.05. The van der Waals surface area contributed by atoms with Gasteiger partial charge < -0.3 is 15.2 Å². The first-order chi connectivity index (χ1) is 8.60. The molecular formula is C15H21NO2. The van der Waals surface area contributed by atoms with Crippen LogP contribution in [0.25, 0.3) is 0 Å². The third-order valence-electron chi connectivity index (χ3n) is 4.44. The van der Waals surface area contributed by atoms with E-state index in [1.807, 2.05) is 18.2 Å². The van der Waals surface area contributed by atoms with Crippen molar-refractivity contribution < 1.29 is 9.84 Å². The Labute approximate surface area is 108 Å². The molecule has 2 saturated heterocycles. The van der Waals surface area contributed by atoms with Crippen molar-refractivity contribution in [2.24, 2.45) is 0 Å². The third kappa shape index (κ3) is 1.91. The van der Waals surface area contributed by atoms with Crippen LogP contribution in [0.3, 0.4) is 0 Å². The number of aliphatic hydroxyl groups is 1. The lowest BCUT2D eigenvalue weighted by atomic mass is 9.79. The van der Waals surface area contributed by atoms with E-state index in [0.29, 0.717) is 12.1 Å². The molecule has 2 aliphatic heterocycles. The molecule has 2 atom stereocenters. The quantitative estimate of drug-likeness (QED) is 0.841. The van der Waals surface area contributed by atoms with Crippen molar-refractivity contribution in [1.29, 1.82) is 0 Å². The SMILES string of the molecule is COc1ccc(C2(O)CC3CCC(C2)N3)c(C)c1. The van der Waals surface area contributed by atoms with Gasteiger partial charge in [-0.05, 0) is 55.9 Å². The summed E-state index contributed by atoms with van der Waals surface area (Å²) in [5.41, 5.74) is 1.54. The number of hydrogen-bond donors (Lipinski definition) is 2. The fraction of sp³-hybridized carbons (Fsp3) is 0.600. The second-order valence-electron chi connectivity index (χ2n) is 5.76. The van der Waals surface area contributed by atoms with Crippen LogP contribution < -0.4 is 10.1 Å². The van der Waals surface area contributed by atoms with Gasteiger partial charge in [-0.1, -0.05) is 6.07 Å². The molecule has 3 nitrogen and oxygen atoms in total. The first-order valence-corrected chi connectivity index (χ1v) is 6.74. The first kappa shape index (κ1) is 12.0. The van der Waals surface area contributed by atoms with Gasteiger partial charge in [-0.3, -0.25) is 0 Å². The first-order valence-electron chi connectivity index (χ1n) is 6.74. The second kappa shape index (κ2) is 4.25. The molecule has 3 rings (SSSR count). The van der Waals surface area contributed by atoms with Gasteiger partial charge in [0.05, 0.1) is 12.7 Å². The van der Waals surface area contributed by atoms with Crippen LogP contribution in [-0.2, 0) is 5.60 Å². The summed E-state index contributed by atoms with van der Waals surface area (Å²) in [4.78, 5) is 0.